The number of aromatic amines is 1. The molecule has 186 valence electrons. The third kappa shape index (κ3) is 6.25. The topological polar surface area (TPSA) is 79.5 Å². The molecule has 0 saturated heterocycles. The van der Waals surface area contributed by atoms with Gasteiger partial charge in [-0.3, -0.25) is 5.73 Å². The third-order valence-electron chi connectivity index (χ3n) is 5.51. The number of rotatable bonds is 7. The number of nitrogens with two attached hydrogens (primary N) is 1. The largest absolute Gasteiger partial charge is 0.391 e. The number of fused-ring (bicyclic) bond motifs is 1. The van der Waals surface area contributed by atoms with Gasteiger partial charge in [0, 0.05) is 4.90 Å². The van der Waals surface area contributed by atoms with Crippen molar-refractivity contribution in [2.75, 3.05) is 11.4 Å². The Bertz CT molecular complexity index is 1020. The van der Waals surface area contributed by atoms with Crippen molar-refractivity contribution < 1.29 is 31.1 Å². The van der Waals surface area contributed by atoms with Crippen LogP contribution in [0.5, 0.6) is 0 Å². The molecular weight excluding hydrogens is 484 g/mol. The van der Waals surface area contributed by atoms with Gasteiger partial charge in [0.2, 0.25) is 0 Å². The maximum absolute atomic E-state index is 12.9. The summed E-state index contributed by atoms with van der Waals surface area (Å²) in [5.74, 6) is 0.426. The van der Waals surface area contributed by atoms with Crippen LogP contribution in [0.15, 0.2) is 40.5 Å². The van der Waals surface area contributed by atoms with Gasteiger partial charge >= 0.3 is 12.4 Å². The summed E-state index contributed by atoms with van der Waals surface area (Å²) >= 11 is 1.37. The normalized spacial score (nSPS) is 19.9. The van der Waals surface area contributed by atoms with Gasteiger partial charge in [-0.2, -0.15) is 26.3 Å². The molecule has 2 heterocycles. The van der Waals surface area contributed by atoms with Crippen LogP contribution in [0.2, 0.25) is 0 Å². The molecule has 2 aliphatic rings. The lowest BCUT2D eigenvalue weighted by atomic mass is 10.1. The molecule has 0 bridgehead atoms. The van der Waals surface area contributed by atoms with Crippen molar-refractivity contribution in [2.45, 2.75) is 67.8 Å². The van der Waals surface area contributed by atoms with Gasteiger partial charge in [-0.1, -0.05) is 29.5 Å². The Morgan fingerprint density at radius 3 is 2.32 bits per heavy atom. The molecule has 1 atom stereocenters. The predicted molar refractivity (Wildman–Crippen MR) is 116 cm³/mol. The predicted octanol–water partition coefficient (Wildman–Crippen LogP) is 5.14. The van der Waals surface area contributed by atoms with E-state index in [4.69, 9.17) is 10.5 Å². The van der Waals surface area contributed by atoms with E-state index in [1.54, 1.807) is 4.90 Å². The van der Waals surface area contributed by atoms with E-state index in [0.29, 0.717) is 29.4 Å². The van der Waals surface area contributed by atoms with Gasteiger partial charge in [0.25, 0.3) is 0 Å². The number of hydrogen-bond donors (Lipinski definition) is 2. The van der Waals surface area contributed by atoms with Crippen LogP contribution < -0.4 is 10.6 Å². The maximum atomic E-state index is 12.9. The number of imidazole rings is 1. The number of aromatic nitrogens is 2. The summed E-state index contributed by atoms with van der Waals surface area (Å²) in [7, 11) is 0. The zero-order valence-electron chi connectivity index (χ0n) is 18.1. The fourth-order valence-electron chi connectivity index (χ4n) is 3.79. The number of benzene rings is 1. The van der Waals surface area contributed by atoms with Crippen molar-refractivity contribution in [3.8, 4) is 0 Å². The van der Waals surface area contributed by atoms with Crippen LogP contribution in [-0.2, 0) is 4.74 Å². The molecule has 13 heteroatoms. The van der Waals surface area contributed by atoms with Crippen LogP contribution >= 0.6 is 11.8 Å². The number of ether oxygens (including phenoxy) is 1. The Morgan fingerprint density at radius 1 is 1.15 bits per heavy atom. The Balaban J connectivity index is 1.50. The van der Waals surface area contributed by atoms with Gasteiger partial charge < -0.3 is 14.6 Å². The highest BCUT2D eigenvalue weighted by atomic mass is 32.2. The van der Waals surface area contributed by atoms with Gasteiger partial charge in [0.15, 0.2) is 12.1 Å². The summed E-state index contributed by atoms with van der Waals surface area (Å²) in [5, 5.41) is 0.581. The molecule has 1 aromatic heterocycles. The Kier molecular flexibility index (Phi) is 6.64. The number of aliphatic imine (C=N–C) groups is 1. The van der Waals surface area contributed by atoms with E-state index in [0.717, 1.165) is 10.5 Å². The molecule has 1 saturated carbocycles. The highest BCUT2D eigenvalue weighted by molar-refractivity contribution is 8.14. The molecule has 1 aromatic carbocycles. The summed E-state index contributed by atoms with van der Waals surface area (Å²) in [6.07, 6.45) is -13.8. The SMILES string of the molecule is Cc1ccc(SC2=NC(N)N(CC3(OC(CC(F)(F)F)CC(F)(F)F)CC3)c3nc[nH]c32)cc1. The molecule has 0 radical (unpaired) electrons. The van der Waals surface area contributed by atoms with Crippen molar-refractivity contribution in [1.29, 1.82) is 0 Å². The zero-order chi connectivity index (χ0) is 24.7. The van der Waals surface area contributed by atoms with E-state index in [2.05, 4.69) is 15.0 Å². The second-order valence-corrected chi connectivity index (χ2v) is 9.62. The minimum absolute atomic E-state index is 0.0236. The number of thioether (sulfide) groups is 1. The standard InChI is InChI=1S/C21H23F6N5OS/c1-12-2-4-14(5-3-12)34-17-15-16(30-11-29-15)32(18(28)31-17)10-19(6-7-19)33-13(8-20(22,23)24)9-21(25,26)27/h2-5,11,13,18H,6-10,28H2,1H3,(H,29,30). The number of alkyl halides is 6. The van der Waals surface area contributed by atoms with E-state index in [1.807, 2.05) is 31.2 Å². The Labute approximate surface area is 196 Å². The number of nitrogens with zero attached hydrogens (tertiary/aromatic N) is 3. The average Bonchev–Trinajstić information content (AvgIpc) is 3.25. The van der Waals surface area contributed by atoms with Crippen molar-refractivity contribution in [3.05, 3.63) is 41.9 Å². The molecule has 0 amide bonds. The van der Waals surface area contributed by atoms with E-state index in [9.17, 15) is 26.3 Å². The van der Waals surface area contributed by atoms with Crippen LogP contribution in [0.4, 0.5) is 32.2 Å². The molecule has 1 aliphatic carbocycles. The zero-order valence-corrected chi connectivity index (χ0v) is 18.9. The molecular formula is C21H23F6N5OS. The van der Waals surface area contributed by atoms with Crippen LogP contribution in [0.1, 0.15) is 36.9 Å². The van der Waals surface area contributed by atoms with Crippen molar-refractivity contribution in [3.63, 3.8) is 0 Å². The van der Waals surface area contributed by atoms with Crippen molar-refractivity contribution >= 4 is 22.6 Å². The molecule has 3 N–H and O–H groups in total. The van der Waals surface area contributed by atoms with Gasteiger partial charge in [0.1, 0.15) is 10.7 Å². The lowest BCUT2D eigenvalue weighted by molar-refractivity contribution is -0.205. The van der Waals surface area contributed by atoms with E-state index < -0.39 is 43.2 Å². The Morgan fingerprint density at radius 2 is 1.76 bits per heavy atom. The van der Waals surface area contributed by atoms with Crippen LogP contribution in [0.25, 0.3) is 0 Å². The number of halogens is 6. The highest BCUT2D eigenvalue weighted by Crippen LogP contribution is 2.46. The first-order valence-electron chi connectivity index (χ1n) is 10.5. The lowest BCUT2D eigenvalue weighted by Crippen LogP contribution is -2.50. The van der Waals surface area contributed by atoms with Gasteiger partial charge in [0.05, 0.1) is 37.4 Å². The van der Waals surface area contributed by atoms with Crippen LogP contribution in [0, 0.1) is 6.92 Å². The second-order valence-electron chi connectivity index (χ2n) is 8.55. The van der Waals surface area contributed by atoms with E-state index >= 15 is 0 Å². The number of hydrogen-bond acceptors (Lipinski definition) is 6. The first kappa shape index (κ1) is 24.9. The van der Waals surface area contributed by atoms with Gasteiger partial charge in [-0.05, 0) is 31.9 Å². The monoisotopic (exact) mass is 507 g/mol. The molecule has 0 spiro atoms. The quantitative estimate of drug-likeness (QED) is 0.508. The first-order chi connectivity index (χ1) is 15.8. The molecule has 34 heavy (non-hydrogen) atoms. The number of anilines is 1. The number of nitrogens with one attached hydrogen (secondary N) is 1. The molecule has 6 nitrogen and oxygen atoms in total. The second kappa shape index (κ2) is 9.08. The summed E-state index contributed by atoms with van der Waals surface area (Å²) < 4.78 is 82.8. The Hall–Kier alpha value is -2.25. The van der Waals surface area contributed by atoms with Crippen LogP contribution in [0.3, 0.4) is 0 Å². The number of H-pyrrole nitrogens is 1. The van der Waals surface area contributed by atoms with Crippen LogP contribution in [-0.4, -0.2) is 51.9 Å². The minimum atomic E-state index is -4.78. The van der Waals surface area contributed by atoms with Gasteiger partial charge in [-0.15, -0.1) is 0 Å². The minimum Gasteiger partial charge on any atom is -0.369 e. The third-order valence-corrected chi connectivity index (χ3v) is 6.52. The first-order valence-corrected chi connectivity index (χ1v) is 11.3. The summed E-state index contributed by atoms with van der Waals surface area (Å²) in [6, 6.07) is 7.78. The number of aryl methyl sites for hydroxylation is 1. The molecule has 1 aliphatic heterocycles. The van der Waals surface area contributed by atoms with E-state index in [1.165, 1.54) is 18.1 Å². The molecule has 1 fully saturated rings. The van der Waals surface area contributed by atoms with Crippen molar-refractivity contribution in [1.82, 2.24) is 9.97 Å². The molecule has 4 rings (SSSR count). The summed E-state index contributed by atoms with van der Waals surface area (Å²) in [5.41, 5.74) is 6.75. The smallest absolute Gasteiger partial charge is 0.369 e. The fourth-order valence-corrected chi connectivity index (χ4v) is 4.70. The molecule has 2 aromatic rings. The summed E-state index contributed by atoms with van der Waals surface area (Å²) in [4.78, 5) is 14.3. The average molecular weight is 508 g/mol. The van der Waals surface area contributed by atoms with Gasteiger partial charge in [-0.25, -0.2) is 9.98 Å². The maximum Gasteiger partial charge on any atom is 0.391 e. The van der Waals surface area contributed by atoms with E-state index in [-0.39, 0.29) is 6.54 Å². The summed E-state index contributed by atoms with van der Waals surface area (Å²) in [6.45, 7) is 1.95. The van der Waals surface area contributed by atoms with Crippen molar-refractivity contribution in [2.24, 2.45) is 10.7 Å². The lowest BCUT2D eigenvalue weighted by Gasteiger charge is -2.35. The fraction of sp³-hybridized carbons (Fsp3) is 0.524. The highest BCUT2D eigenvalue weighted by Gasteiger charge is 2.51. The molecule has 1 unspecified atom stereocenters.